The fourth-order valence-corrected chi connectivity index (χ4v) is 3.10. The SMILES string of the molecule is COC(=O)c1ccc(CCc2cc(Br)ccc2OCc2ccccc2)nc1. The molecule has 0 saturated carbocycles. The molecule has 0 bridgehead atoms. The van der Waals surface area contributed by atoms with E-state index in [1.165, 1.54) is 7.11 Å². The van der Waals surface area contributed by atoms with Crippen LogP contribution in [0.25, 0.3) is 0 Å². The van der Waals surface area contributed by atoms with Gasteiger partial charge in [0.15, 0.2) is 0 Å². The van der Waals surface area contributed by atoms with Crippen LogP contribution in [0.15, 0.2) is 71.3 Å². The Morgan fingerprint density at radius 2 is 1.85 bits per heavy atom. The summed E-state index contributed by atoms with van der Waals surface area (Å²) in [5.41, 5.74) is 3.61. The summed E-state index contributed by atoms with van der Waals surface area (Å²) in [5, 5.41) is 0. The summed E-state index contributed by atoms with van der Waals surface area (Å²) in [6.07, 6.45) is 3.09. The molecule has 5 heteroatoms. The Morgan fingerprint density at radius 3 is 2.56 bits per heavy atom. The molecule has 0 aliphatic heterocycles. The molecular formula is C22H20BrNO3. The van der Waals surface area contributed by atoms with Crippen molar-refractivity contribution in [1.29, 1.82) is 0 Å². The van der Waals surface area contributed by atoms with E-state index < -0.39 is 0 Å². The zero-order valence-corrected chi connectivity index (χ0v) is 16.6. The summed E-state index contributed by atoms with van der Waals surface area (Å²) in [6.45, 7) is 0.529. The van der Waals surface area contributed by atoms with Crippen molar-refractivity contribution >= 4 is 21.9 Å². The van der Waals surface area contributed by atoms with Gasteiger partial charge in [0.1, 0.15) is 12.4 Å². The van der Waals surface area contributed by atoms with E-state index in [4.69, 9.17) is 9.47 Å². The van der Waals surface area contributed by atoms with E-state index in [-0.39, 0.29) is 5.97 Å². The van der Waals surface area contributed by atoms with E-state index >= 15 is 0 Å². The topological polar surface area (TPSA) is 48.4 Å². The number of hydrogen-bond acceptors (Lipinski definition) is 4. The van der Waals surface area contributed by atoms with Gasteiger partial charge in [-0.05, 0) is 54.3 Å². The molecule has 27 heavy (non-hydrogen) atoms. The molecule has 0 amide bonds. The van der Waals surface area contributed by atoms with Crippen LogP contribution < -0.4 is 4.74 Å². The van der Waals surface area contributed by atoms with Crippen LogP contribution in [0.1, 0.15) is 27.2 Å². The number of carbonyl (C=O) groups is 1. The summed E-state index contributed by atoms with van der Waals surface area (Å²) >= 11 is 3.53. The highest BCUT2D eigenvalue weighted by atomic mass is 79.9. The van der Waals surface area contributed by atoms with Crippen molar-refractivity contribution in [3.8, 4) is 5.75 Å². The van der Waals surface area contributed by atoms with Gasteiger partial charge in [0.05, 0.1) is 12.7 Å². The average Bonchev–Trinajstić information content (AvgIpc) is 2.72. The van der Waals surface area contributed by atoms with Crippen molar-refractivity contribution in [1.82, 2.24) is 4.98 Å². The van der Waals surface area contributed by atoms with Gasteiger partial charge in [0.25, 0.3) is 0 Å². The van der Waals surface area contributed by atoms with Gasteiger partial charge in [0, 0.05) is 16.4 Å². The number of halogens is 1. The van der Waals surface area contributed by atoms with Crippen LogP contribution >= 0.6 is 15.9 Å². The van der Waals surface area contributed by atoms with Gasteiger partial charge < -0.3 is 9.47 Å². The van der Waals surface area contributed by atoms with Gasteiger partial charge in [0.2, 0.25) is 0 Å². The minimum atomic E-state index is -0.377. The number of aryl methyl sites for hydroxylation is 2. The first-order chi connectivity index (χ1) is 13.2. The van der Waals surface area contributed by atoms with E-state index in [0.717, 1.165) is 39.9 Å². The number of methoxy groups -OCH3 is 1. The number of carbonyl (C=O) groups excluding carboxylic acids is 1. The molecule has 4 nitrogen and oxygen atoms in total. The van der Waals surface area contributed by atoms with E-state index in [2.05, 4.69) is 27.0 Å². The zero-order valence-electron chi connectivity index (χ0n) is 15.0. The van der Waals surface area contributed by atoms with Gasteiger partial charge in [-0.3, -0.25) is 4.98 Å². The van der Waals surface area contributed by atoms with Crippen molar-refractivity contribution in [2.45, 2.75) is 19.4 Å². The second-order valence-corrected chi connectivity index (χ2v) is 6.97. The fourth-order valence-electron chi connectivity index (χ4n) is 2.69. The van der Waals surface area contributed by atoms with Gasteiger partial charge in [-0.2, -0.15) is 0 Å². The first-order valence-corrected chi connectivity index (χ1v) is 9.43. The summed E-state index contributed by atoms with van der Waals surface area (Å²) < 4.78 is 11.7. The molecule has 1 heterocycles. The van der Waals surface area contributed by atoms with Crippen LogP contribution in [0, 0.1) is 0 Å². The lowest BCUT2D eigenvalue weighted by Crippen LogP contribution is -2.04. The minimum Gasteiger partial charge on any atom is -0.489 e. The Bertz CT molecular complexity index is 895. The predicted molar refractivity (Wildman–Crippen MR) is 108 cm³/mol. The average molecular weight is 426 g/mol. The molecular weight excluding hydrogens is 406 g/mol. The lowest BCUT2D eigenvalue weighted by molar-refractivity contribution is 0.0600. The first-order valence-electron chi connectivity index (χ1n) is 8.64. The van der Waals surface area contributed by atoms with Crippen molar-refractivity contribution in [3.63, 3.8) is 0 Å². The lowest BCUT2D eigenvalue weighted by atomic mass is 10.1. The number of ether oxygens (including phenoxy) is 2. The van der Waals surface area contributed by atoms with Crippen LogP contribution in [0.3, 0.4) is 0 Å². The molecule has 3 aromatic rings. The zero-order chi connectivity index (χ0) is 19.1. The van der Waals surface area contributed by atoms with E-state index in [1.807, 2.05) is 48.5 Å². The summed E-state index contributed by atoms with van der Waals surface area (Å²) in [7, 11) is 1.36. The molecule has 1 aromatic heterocycles. The highest BCUT2D eigenvalue weighted by Gasteiger charge is 2.09. The first kappa shape index (κ1) is 19.1. The third-order valence-electron chi connectivity index (χ3n) is 4.16. The largest absolute Gasteiger partial charge is 0.489 e. The Balaban J connectivity index is 1.67. The Morgan fingerprint density at radius 1 is 1.04 bits per heavy atom. The number of benzene rings is 2. The summed E-state index contributed by atoms with van der Waals surface area (Å²) in [6, 6.07) is 19.7. The van der Waals surface area contributed by atoms with Crippen LogP contribution in [0.2, 0.25) is 0 Å². The quantitative estimate of drug-likeness (QED) is 0.500. The number of aromatic nitrogens is 1. The maximum Gasteiger partial charge on any atom is 0.339 e. The third kappa shape index (κ3) is 5.41. The highest BCUT2D eigenvalue weighted by molar-refractivity contribution is 9.10. The molecule has 0 spiro atoms. The van der Waals surface area contributed by atoms with E-state index in [0.29, 0.717) is 12.2 Å². The van der Waals surface area contributed by atoms with Crippen LogP contribution in [-0.4, -0.2) is 18.1 Å². The van der Waals surface area contributed by atoms with Gasteiger partial charge in [-0.25, -0.2) is 4.79 Å². The molecule has 3 rings (SSSR count). The van der Waals surface area contributed by atoms with Crippen LogP contribution in [0.4, 0.5) is 0 Å². The molecule has 2 aromatic carbocycles. The van der Waals surface area contributed by atoms with E-state index in [9.17, 15) is 4.79 Å². The normalized spacial score (nSPS) is 10.4. The molecule has 0 aliphatic rings. The number of pyridine rings is 1. The lowest BCUT2D eigenvalue weighted by Gasteiger charge is -2.12. The highest BCUT2D eigenvalue weighted by Crippen LogP contribution is 2.25. The molecule has 0 unspecified atom stereocenters. The predicted octanol–water partition coefficient (Wildman–Crippen LogP) is 4.99. The van der Waals surface area contributed by atoms with E-state index in [1.54, 1.807) is 12.3 Å². The maximum atomic E-state index is 11.5. The van der Waals surface area contributed by atoms with Gasteiger partial charge in [-0.1, -0.05) is 46.3 Å². The van der Waals surface area contributed by atoms with Crippen LogP contribution in [-0.2, 0) is 24.2 Å². The van der Waals surface area contributed by atoms with Crippen molar-refractivity contribution in [3.05, 3.63) is 93.7 Å². The number of nitrogens with zero attached hydrogens (tertiary/aromatic N) is 1. The number of rotatable bonds is 7. The minimum absolute atomic E-state index is 0.377. The Kier molecular flexibility index (Phi) is 6.60. The number of esters is 1. The number of hydrogen-bond donors (Lipinski definition) is 0. The Hall–Kier alpha value is -2.66. The van der Waals surface area contributed by atoms with Crippen molar-refractivity contribution < 1.29 is 14.3 Å². The summed E-state index contributed by atoms with van der Waals surface area (Å²) in [4.78, 5) is 15.8. The molecule has 0 saturated heterocycles. The van der Waals surface area contributed by atoms with Crippen LogP contribution in [0.5, 0.6) is 5.75 Å². The fraction of sp³-hybridized carbons (Fsp3) is 0.182. The Labute approximate surface area is 167 Å². The molecule has 0 fully saturated rings. The molecule has 0 atom stereocenters. The van der Waals surface area contributed by atoms with Gasteiger partial charge in [-0.15, -0.1) is 0 Å². The second-order valence-electron chi connectivity index (χ2n) is 6.06. The van der Waals surface area contributed by atoms with Crippen molar-refractivity contribution in [2.24, 2.45) is 0 Å². The molecule has 138 valence electrons. The monoisotopic (exact) mass is 425 g/mol. The molecule has 0 radical (unpaired) electrons. The van der Waals surface area contributed by atoms with Crippen molar-refractivity contribution in [2.75, 3.05) is 7.11 Å². The van der Waals surface area contributed by atoms with Gasteiger partial charge >= 0.3 is 5.97 Å². The second kappa shape index (κ2) is 9.33. The summed E-state index contributed by atoms with van der Waals surface area (Å²) in [5.74, 6) is 0.492. The third-order valence-corrected chi connectivity index (χ3v) is 4.65. The molecule has 0 N–H and O–H groups in total. The maximum absolute atomic E-state index is 11.5. The smallest absolute Gasteiger partial charge is 0.339 e. The standard InChI is InChI=1S/C22H20BrNO3/c1-26-22(25)18-8-11-20(24-14-18)10-7-17-13-19(23)9-12-21(17)27-15-16-5-3-2-4-6-16/h2-6,8-9,11-14H,7,10,15H2,1H3. The molecule has 0 aliphatic carbocycles.